The third kappa shape index (κ3) is 1.71. The van der Waals surface area contributed by atoms with Crippen molar-refractivity contribution >= 4 is 5.97 Å². The molecule has 0 radical (unpaired) electrons. The van der Waals surface area contributed by atoms with Crippen LogP contribution in [0, 0.1) is 5.92 Å². The third-order valence-corrected chi connectivity index (χ3v) is 3.13. The van der Waals surface area contributed by atoms with Crippen molar-refractivity contribution in [3.63, 3.8) is 0 Å². The summed E-state index contributed by atoms with van der Waals surface area (Å²) < 4.78 is 1.92. The molecule has 1 aliphatic heterocycles. The smallest absolute Gasteiger partial charge is 0.321 e. The molecule has 2 rings (SSSR count). The fraction of sp³-hybridized carbons (Fsp3) is 0.636. The van der Waals surface area contributed by atoms with Crippen molar-refractivity contribution in [2.24, 2.45) is 13.0 Å². The van der Waals surface area contributed by atoms with Gasteiger partial charge in [-0.25, -0.2) is 4.98 Å². The van der Waals surface area contributed by atoms with Crippen LogP contribution >= 0.6 is 0 Å². The number of nitrogens with one attached hydrogen (secondary N) is 1. The van der Waals surface area contributed by atoms with Crippen LogP contribution in [0.4, 0.5) is 0 Å². The van der Waals surface area contributed by atoms with E-state index in [-0.39, 0.29) is 6.04 Å². The predicted octanol–water partition coefficient (Wildman–Crippen LogP) is 0.716. The Morgan fingerprint density at radius 3 is 2.94 bits per heavy atom. The highest BCUT2D eigenvalue weighted by Crippen LogP contribution is 2.29. The first kappa shape index (κ1) is 11.1. The van der Waals surface area contributed by atoms with E-state index in [4.69, 9.17) is 5.11 Å². The lowest BCUT2D eigenvalue weighted by molar-refractivity contribution is -0.140. The minimum Gasteiger partial charge on any atom is -0.480 e. The summed E-state index contributed by atoms with van der Waals surface area (Å²) in [6.07, 6.45) is 2.26. The van der Waals surface area contributed by atoms with Crippen molar-refractivity contribution < 1.29 is 9.90 Å². The highest BCUT2D eigenvalue weighted by Gasteiger charge is 2.34. The average molecular weight is 223 g/mol. The summed E-state index contributed by atoms with van der Waals surface area (Å²) in [5.74, 6) is -0.465. The number of carboxylic acid groups (broad SMARTS) is 1. The summed E-state index contributed by atoms with van der Waals surface area (Å²) >= 11 is 0. The second kappa shape index (κ2) is 3.90. The molecule has 0 fully saturated rings. The molecular weight excluding hydrogens is 206 g/mol. The number of carboxylic acids is 1. The van der Waals surface area contributed by atoms with Crippen molar-refractivity contribution in [1.82, 2.24) is 14.9 Å². The molecule has 0 bridgehead atoms. The molecule has 1 aliphatic rings. The van der Waals surface area contributed by atoms with Gasteiger partial charge in [0.2, 0.25) is 0 Å². The van der Waals surface area contributed by atoms with E-state index in [0.29, 0.717) is 12.3 Å². The first-order chi connectivity index (χ1) is 7.50. The molecule has 1 aromatic heterocycles. The Morgan fingerprint density at radius 2 is 2.38 bits per heavy atom. The maximum atomic E-state index is 11.1. The Balaban J connectivity index is 2.39. The maximum absolute atomic E-state index is 11.1. The zero-order valence-electron chi connectivity index (χ0n) is 9.77. The molecule has 2 unspecified atom stereocenters. The SMILES string of the molecule is CC(C)C1NC(C(=O)O)Cc2c1ncn2C. The number of aromatic nitrogens is 2. The van der Waals surface area contributed by atoms with Crippen molar-refractivity contribution in [1.29, 1.82) is 0 Å². The predicted molar refractivity (Wildman–Crippen MR) is 59.1 cm³/mol. The fourth-order valence-corrected chi connectivity index (χ4v) is 2.20. The summed E-state index contributed by atoms with van der Waals surface area (Å²) in [7, 11) is 1.91. The topological polar surface area (TPSA) is 67.2 Å². The number of hydrogen-bond acceptors (Lipinski definition) is 3. The summed E-state index contributed by atoms with van der Waals surface area (Å²) in [6, 6.07) is -0.471. The van der Waals surface area contributed by atoms with Gasteiger partial charge in [0, 0.05) is 19.2 Å². The number of rotatable bonds is 2. The van der Waals surface area contributed by atoms with Gasteiger partial charge in [-0.15, -0.1) is 0 Å². The number of hydrogen-bond donors (Lipinski definition) is 2. The van der Waals surface area contributed by atoms with Crippen molar-refractivity contribution in [2.45, 2.75) is 32.4 Å². The fourth-order valence-electron chi connectivity index (χ4n) is 2.20. The van der Waals surface area contributed by atoms with E-state index in [1.807, 2.05) is 11.6 Å². The van der Waals surface area contributed by atoms with Gasteiger partial charge in [-0.3, -0.25) is 10.1 Å². The van der Waals surface area contributed by atoms with Crippen LogP contribution in [0.25, 0.3) is 0 Å². The molecule has 0 aliphatic carbocycles. The van der Waals surface area contributed by atoms with Crippen LogP contribution in [-0.2, 0) is 18.3 Å². The molecule has 88 valence electrons. The van der Waals surface area contributed by atoms with Crippen LogP contribution in [0.15, 0.2) is 6.33 Å². The molecule has 2 heterocycles. The van der Waals surface area contributed by atoms with Crippen molar-refractivity contribution in [3.8, 4) is 0 Å². The van der Waals surface area contributed by atoms with Gasteiger partial charge >= 0.3 is 5.97 Å². The summed E-state index contributed by atoms with van der Waals surface area (Å²) in [5.41, 5.74) is 2.03. The maximum Gasteiger partial charge on any atom is 0.321 e. The van der Waals surface area contributed by atoms with E-state index in [1.54, 1.807) is 6.33 Å². The summed E-state index contributed by atoms with van der Waals surface area (Å²) in [6.45, 7) is 4.14. The van der Waals surface area contributed by atoms with Crippen LogP contribution in [0.1, 0.15) is 31.3 Å². The van der Waals surface area contributed by atoms with E-state index < -0.39 is 12.0 Å². The Bertz CT molecular complexity index is 411. The molecule has 0 saturated carbocycles. The van der Waals surface area contributed by atoms with E-state index in [0.717, 1.165) is 11.4 Å². The van der Waals surface area contributed by atoms with Crippen molar-refractivity contribution in [3.05, 3.63) is 17.7 Å². The molecular formula is C11H17N3O2. The molecule has 2 N–H and O–H groups in total. The first-order valence-corrected chi connectivity index (χ1v) is 5.49. The average Bonchev–Trinajstić information content (AvgIpc) is 2.59. The Hall–Kier alpha value is -1.36. The second-order valence-electron chi connectivity index (χ2n) is 4.67. The summed E-state index contributed by atoms with van der Waals surface area (Å²) in [4.78, 5) is 15.4. The van der Waals surface area contributed by atoms with Crippen molar-refractivity contribution in [2.75, 3.05) is 0 Å². The number of carbonyl (C=O) groups is 1. The Kier molecular flexibility index (Phi) is 2.71. The number of aliphatic carboxylic acids is 1. The highest BCUT2D eigenvalue weighted by molar-refractivity contribution is 5.74. The normalized spacial score (nSPS) is 24.5. The molecule has 2 atom stereocenters. The molecule has 1 aromatic rings. The zero-order valence-corrected chi connectivity index (χ0v) is 9.77. The van der Waals surface area contributed by atoms with Gasteiger partial charge in [-0.05, 0) is 5.92 Å². The number of nitrogens with zero attached hydrogens (tertiary/aromatic N) is 2. The molecule has 0 amide bonds. The van der Waals surface area contributed by atoms with E-state index in [9.17, 15) is 4.79 Å². The standard InChI is InChI=1S/C11H17N3O2/c1-6(2)9-10-8(14(3)5-12-10)4-7(13-9)11(15)16/h5-7,9,13H,4H2,1-3H3,(H,15,16). The summed E-state index contributed by atoms with van der Waals surface area (Å²) in [5, 5.41) is 12.2. The largest absolute Gasteiger partial charge is 0.480 e. The lowest BCUT2D eigenvalue weighted by Gasteiger charge is -2.31. The number of imidazole rings is 1. The Labute approximate surface area is 94.5 Å². The van der Waals surface area contributed by atoms with E-state index in [1.165, 1.54) is 0 Å². The minimum absolute atomic E-state index is 0.0334. The zero-order chi connectivity index (χ0) is 11.9. The highest BCUT2D eigenvalue weighted by atomic mass is 16.4. The monoisotopic (exact) mass is 223 g/mol. The van der Waals surface area contributed by atoms with E-state index >= 15 is 0 Å². The van der Waals surface area contributed by atoms with Gasteiger partial charge in [0.15, 0.2) is 0 Å². The van der Waals surface area contributed by atoms with Gasteiger partial charge in [-0.2, -0.15) is 0 Å². The third-order valence-electron chi connectivity index (χ3n) is 3.13. The van der Waals surface area contributed by atoms with Crippen LogP contribution < -0.4 is 5.32 Å². The number of fused-ring (bicyclic) bond motifs is 1. The minimum atomic E-state index is -0.794. The van der Waals surface area contributed by atoms with E-state index in [2.05, 4.69) is 24.1 Å². The van der Waals surface area contributed by atoms with Crippen LogP contribution in [0.3, 0.4) is 0 Å². The lowest BCUT2D eigenvalue weighted by atomic mass is 9.92. The van der Waals surface area contributed by atoms with Gasteiger partial charge in [0.1, 0.15) is 6.04 Å². The van der Waals surface area contributed by atoms with Crippen LogP contribution in [0.2, 0.25) is 0 Å². The number of aryl methyl sites for hydroxylation is 1. The van der Waals surface area contributed by atoms with Gasteiger partial charge < -0.3 is 9.67 Å². The molecule has 5 heteroatoms. The molecule has 0 aromatic carbocycles. The first-order valence-electron chi connectivity index (χ1n) is 5.49. The van der Waals surface area contributed by atoms with Gasteiger partial charge in [-0.1, -0.05) is 13.8 Å². The second-order valence-corrected chi connectivity index (χ2v) is 4.67. The van der Waals surface area contributed by atoms with Gasteiger partial charge in [0.05, 0.1) is 18.1 Å². The molecule has 5 nitrogen and oxygen atoms in total. The van der Waals surface area contributed by atoms with Gasteiger partial charge in [0.25, 0.3) is 0 Å². The molecule has 0 spiro atoms. The molecule has 0 saturated heterocycles. The Morgan fingerprint density at radius 1 is 1.69 bits per heavy atom. The van der Waals surface area contributed by atoms with Crippen LogP contribution in [-0.4, -0.2) is 26.7 Å². The lowest BCUT2D eigenvalue weighted by Crippen LogP contribution is -2.46. The van der Waals surface area contributed by atoms with Crippen LogP contribution in [0.5, 0.6) is 0 Å². The quantitative estimate of drug-likeness (QED) is 0.775. The molecule has 16 heavy (non-hydrogen) atoms.